The van der Waals surface area contributed by atoms with E-state index in [2.05, 4.69) is 11.8 Å². The zero-order valence-electron chi connectivity index (χ0n) is 10.4. The number of aliphatic hydroxyl groups excluding tert-OH is 1. The van der Waals surface area contributed by atoms with Crippen LogP contribution in [0.5, 0.6) is 5.75 Å². The summed E-state index contributed by atoms with van der Waals surface area (Å²) < 4.78 is 5.65. The third-order valence-corrected chi connectivity index (χ3v) is 3.42. The summed E-state index contributed by atoms with van der Waals surface area (Å²) in [6.45, 7) is 5.53. The molecule has 2 atom stereocenters. The monoisotopic (exact) mass is 235 g/mol. The number of aliphatic hydroxyl groups is 1. The summed E-state index contributed by atoms with van der Waals surface area (Å²) in [6.07, 6.45) is 0.896. The largest absolute Gasteiger partial charge is 0.492 e. The van der Waals surface area contributed by atoms with Crippen molar-refractivity contribution >= 4 is 0 Å². The van der Waals surface area contributed by atoms with Gasteiger partial charge < -0.3 is 9.84 Å². The highest BCUT2D eigenvalue weighted by Gasteiger charge is 2.23. The van der Waals surface area contributed by atoms with Crippen LogP contribution in [0.1, 0.15) is 13.3 Å². The van der Waals surface area contributed by atoms with Crippen LogP contribution in [-0.2, 0) is 0 Å². The zero-order valence-corrected chi connectivity index (χ0v) is 10.4. The molecule has 1 saturated heterocycles. The molecule has 1 aliphatic heterocycles. The van der Waals surface area contributed by atoms with Crippen LogP contribution in [0.3, 0.4) is 0 Å². The Morgan fingerprint density at radius 1 is 1.35 bits per heavy atom. The second-order valence-corrected chi connectivity index (χ2v) is 4.80. The Morgan fingerprint density at radius 2 is 2.12 bits per heavy atom. The molecule has 1 aliphatic rings. The van der Waals surface area contributed by atoms with E-state index < -0.39 is 0 Å². The second kappa shape index (κ2) is 6.03. The molecule has 0 bridgehead atoms. The van der Waals surface area contributed by atoms with Crippen molar-refractivity contribution in [2.45, 2.75) is 19.4 Å². The predicted molar refractivity (Wildman–Crippen MR) is 68.2 cm³/mol. The number of benzene rings is 1. The molecule has 0 spiro atoms. The van der Waals surface area contributed by atoms with E-state index in [-0.39, 0.29) is 6.10 Å². The van der Waals surface area contributed by atoms with Crippen molar-refractivity contribution in [2.24, 2.45) is 5.92 Å². The maximum atomic E-state index is 9.78. The minimum absolute atomic E-state index is 0.180. The van der Waals surface area contributed by atoms with Gasteiger partial charge in [0.2, 0.25) is 0 Å². The molecular weight excluding hydrogens is 214 g/mol. The smallest absolute Gasteiger partial charge is 0.119 e. The van der Waals surface area contributed by atoms with Gasteiger partial charge in [0, 0.05) is 13.1 Å². The Hall–Kier alpha value is -1.06. The van der Waals surface area contributed by atoms with E-state index in [0.717, 1.165) is 31.8 Å². The molecule has 0 aliphatic carbocycles. The topological polar surface area (TPSA) is 32.7 Å². The molecule has 1 fully saturated rings. The van der Waals surface area contributed by atoms with Gasteiger partial charge in [0.05, 0.1) is 6.10 Å². The van der Waals surface area contributed by atoms with Crippen molar-refractivity contribution in [3.8, 4) is 5.75 Å². The van der Waals surface area contributed by atoms with Gasteiger partial charge in [-0.3, -0.25) is 4.90 Å². The van der Waals surface area contributed by atoms with Crippen LogP contribution in [0.15, 0.2) is 30.3 Å². The first-order chi connectivity index (χ1) is 8.25. The first kappa shape index (κ1) is 12.4. The van der Waals surface area contributed by atoms with Crippen LogP contribution in [0.2, 0.25) is 0 Å². The number of ether oxygens (including phenoxy) is 1. The van der Waals surface area contributed by atoms with Gasteiger partial charge in [-0.05, 0) is 31.0 Å². The Bertz CT molecular complexity index is 328. The Labute approximate surface area is 103 Å². The van der Waals surface area contributed by atoms with Crippen LogP contribution >= 0.6 is 0 Å². The molecule has 0 aromatic heterocycles. The van der Waals surface area contributed by atoms with Crippen molar-refractivity contribution in [2.75, 3.05) is 26.2 Å². The van der Waals surface area contributed by atoms with Gasteiger partial charge in [0.25, 0.3) is 0 Å². The van der Waals surface area contributed by atoms with E-state index in [1.165, 1.54) is 0 Å². The van der Waals surface area contributed by atoms with E-state index in [1.54, 1.807) is 0 Å². The molecule has 2 rings (SSSR count). The Morgan fingerprint density at radius 3 is 2.82 bits per heavy atom. The fraction of sp³-hybridized carbons (Fsp3) is 0.571. The molecule has 0 saturated carbocycles. The van der Waals surface area contributed by atoms with Crippen molar-refractivity contribution < 1.29 is 9.84 Å². The zero-order chi connectivity index (χ0) is 12.1. The second-order valence-electron chi connectivity index (χ2n) is 4.80. The average molecular weight is 235 g/mol. The van der Waals surface area contributed by atoms with Crippen LogP contribution in [0.25, 0.3) is 0 Å². The lowest BCUT2D eigenvalue weighted by Crippen LogP contribution is -2.44. The maximum Gasteiger partial charge on any atom is 0.119 e. The lowest BCUT2D eigenvalue weighted by atomic mass is 9.96. The van der Waals surface area contributed by atoms with Gasteiger partial charge in [-0.15, -0.1) is 0 Å². The summed E-state index contributed by atoms with van der Waals surface area (Å²) in [6, 6.07) is 9.86. The lowest BCUT2D eigenvalue weighted by molar-refractivity contribution is 0.0244. The molecule has 2 unspecified atom stereocenters. The Kier molecular flexibility index (Phi) is 4.40. The van der Waals surface area contributed by atoms with Gasteiger partial charge in [-0.1, -0.05) is 25.1 Å². The molecule has 1 aromatic rings. The first-order valence-electron chi connectivity index (χ1n) is 6.34. The summed E-state index contributed by atoms with van der Waals surface area (Å²) in [4.78, 5) is 2.27. The highest BCUT2D eigenvalue weighted by Crippen LogP contribution is 2.16. The van der Waals surface area contributed by atoms with Gasteiger partial charge in [0.1, 0.15) is 12.4 Å². The molecule has 0 radical (unpaired) electrons. The van der Waals surface area contributed by atoms with Gasteiger partial charge in [-0.25, -0.2) is 0 Å². The quantitative estimate of drug-likeness (QED) is 0.863. The minimum atomic E-state index is -0.180. The summed E-state index contributed by atoms with van der Waals surface area (Å²) in [5.74, 6) is 1.35. The van der Waals surface area contributed by atoms with Crippen LogP contribution in [0.4, 0.5) is 0 Å². The van der Waals surface area contributed by atoms with Crippen molar-refractivity contribution in [3.63, 3.8) is 0 Å². The van der Waals surface area contributed by atoms with Gasteiger partial charge >= 0.3 is 0 Å². The fourth-order valence-electron chi connectivity index (χ4n) is 2.13. The molecule has 94 valence electrons. The number of hydrogen-bond donors (Lipinski definition) is 1. The average Bonchev–Trinajstić information content (AvgIpc) is 2.35. The molecule has 3 heteroatoms. The molecule has 3 nitrogen and oxygen atoms in total. The third kappa shape index (κ3) is 3.72. The van der Waals surface area contributed by atoms with Crippen molar-refractivity contribution in [1.82, 2.24) is 4.90 Å². The number of hydrogen-bond acceptors (Lipinski definition) is 3. The fourth-order valence-corrected chi connectivity index (χ4v) is 2.13. The van der Waals surface area contributed by atoms with Crippen LogP contribution in [0, 0.1) is 5.92 Å². The van der Waals surface area contributed by atoms with E-state index in [9.17, 15) is 5.11 Å². The van der Waals surface area contributed by atoms with Crippen molar-refractivity contribution in [3.05, 3.63) is 30.3 Å². The molecular formula is C14H21NO2. The highest BCUT2D eigenvalue weighted by molar-refractivity contribution is 5.20. The van der Waals surface area contributed by atoms with E-state index >= 15 is 0 Å². The number of para-hydroxylation sites is 1. The van der Waals surface area contributed by atoms with Crippen molar-refractivity contribution in [1.29, 1.82) is 0 Å². The molecule has 1 heterocycles. The number of rotatable bonds is 4. The normalized spacial score (nSPS) is 25.8. The molecule has 0 amide bonds. The molecule has 1 N–H and O–H groups in total. The number of β-amino-alcohol motifs (C(OH)–C–C–N with tert-alkyl or cyclic N) is 1. The number of nitrogens with zero attached hydrogens (tertiary/aromatic N) is 1. The predicted octanol–water partition coefficient (Wildman–Crippen LogP) is 1.77. The maximum absolute atomic E-state index is 9.78. The SMILES string of the molecule is CC1CCN(CCOc2ccccc2)CC1O. The summed E-state index contributed by atoms with van der Waals surface area (Å²) in [7, 11) is 0. The van der Waals surface area contributed by atoms with E-state index in [1.807, 2.05) is 30.3 Å². The van der Waals surface area contributed by atoms with E-state index in [4.69, 9.17) is 4.74 Å². The third-order valence-electron chi connectivity index (χ3n) is 3.42. The highest BCUT2D eigenvalue weighted by atomic mass is 16.5. The van der Waals surface area contributed by atoms with Crippen LogP contribution < -0.4 is 4.74 Å². The summed E-state index contributed by atoms with van der Waals surface area (Å²) in [5, 5.41) is 9.78. The van der Waals surface area contributed by atoms with Crippen LogP contribution in [-0.4, -0.2) is 42.4 Å². The van der Waals surface area contributed by atoms with Gasteiger partial charge in [0.15, 0.2) is 0 Å². The summed E-state index contributed by atoms with van der Waals surface area (Å²) in [5.41, 5.74) is 0. The lowest BCUT2D eigenvalue weighted by Gasteiger charge is -2.34. The van der Waals surface area contributed by atoms with Gasteiger partial charge in [-0.2, -0.15) is 0 Å². The van der Waals surface area contributed by atoms with E-state index in [0.29, 0.717) is 12.5 Å². The Balaban J connectivity index is 1.69. The number of likely N-dealkylation sites (tertiary alicyclic amines) is 1. The minimum Gasteiger partial charge on any atom is -0.492 e. The molecule has 1 aromatic carbocycles. The number of piperidine rings is 1. The first-order valence-corrected chi connectivity index (χ1v) is 6.34. The standard InChI is InChI=1S/C14H21NO2/c1-12-7-8-15(11-14(12)16)9-10-17-13-5-3-2-4-6-13/h2-6,12,14,16H,7-11H2,1H3. The summed E-state index contributed by atoms with van der Waals surface area (Å²) >= 11 is 0. The molecule has 17 heavy (non-hydrogen) atoms.